The molecule has 88 valence electrons. The van der Waals surface area contributed by atoms with Crippen LogP contribution in [0.5, 0.6) is 0 Å². The fourth-order valence-corrected chi connectivity index (χ4v) is 1.89. The number of nitrogen functional groups attached to an aromatic ring is 1. The van der Waals surface area contributed by atoms with Crippen LogP contribution in [0, 0.1) is 0 Å². The van der Waals surface area contributed by atoms with Crippen LogP contribution in [0.2, 0.25) is 10.0 Å². The van der Waals surface area contributed by atoms with Crippen molar-refractivity contribution in [2.75, 3.05) is 5.73 Å². The first-order valence-corrected chi connectivity index (χ1v) is 5.94. The highest BCUT2D eigenvalue weighted by atomic mass is 35.5. The van der Waals surface area contributed by atoms with Crippen molar-refractivity contribution in [3.05, 3.63) is 40.1 Å². The van der Waals surface area contributed by atoms with Gasteiger partial charge in [0.2, 0.25) is 0 Å². The Kier molecular flexibility index (Phi) is 3.50. The van der Waals surface area contributed by atoms with Crippen LogP contribution >= 0.6 is 23.2 Å². The van der Waals surface area contributed by atoms with Crippen molar-refractivity contribution in [3.8, 4) is 11.3 Å². The number of hydrogen-bond acceptors (Lipinski definition) is 3. The largest absolute Gasteiger partial charge is 0.384 e. The molecule has 0 aliphatic carbocycles. The van der Waals surface area contributed by atoms with Crippen molar-refractivity contribution in [1.29, 1.82) is 0 Å². The van der Waals surface area contributed by atoms with E-state index in [1.807, 2.05) is 6.92 Å². The minimum absolute atomic E-state index is 0.433. The van der Waals surface area contributed by atoms with Gasteiger partial charge in [-0.2, -0.15) is 0 Å². The highest BCUT2D eigenvalue weighted by Crippen LogP contribution is 2.29. The topological polar surface area (TPSA) is 51.8 Å². The van der Waals surface area contributed by atoms with Crippen LogP contribution in [-0.2, 0) is 6.42 Å². The quantitative estimate of drug-likeness (QED) is 0.905. The molecule has 0 saturated heterocycles. The van der Waals surface area contributed by atoms with Gasteiger partial charge in [0, 0.05) is 23.1 Å². The first kappa shape index (κ1) is 12.1. The Balaban J connectivity index is 2.59. The summed E-state index contributed by atoms with van der Waals surface area (Å²) in [5.41, 5.74) is 7.20. The Bertz CT molecular complexity index is 555. The summed E-state index contributed by atoms with van der Waals surface area (Å²) in [6.07, 6.45) is 0.718. The predicted molar refractivity (Wildman–Crippen MR) is 71.3 cm³/mol. The third-order valence-electron chi connectivity index (χ3n) is 2.31. The van der Waals surface area contributed by atoms with E-state index in [0.717, 1.165) is 12.0 Å². The zero-order valence-electron chi connectivity index (χ0n) is 9.24. The zero-order valence-corrected chi connectivity index (χ0v) is 10.8. The van der Waals surface area contributed by atoms with Crippen LogP contribution in [0.15, 0.2) is 24.3 Å². The third-order valence-corrected chi connectivity index (χ3v) is 2.88. The lowest BCUT2D eigenvalue weighted by Gasteiger charge is -2.07. The number of aryl methyl sites for hydroxylation is 1. The molecule has 0 atom stereocenters. The summed E-state index contributed by atoms with van der Waals surface area (Å²) in [6, 6.07) is 6.93. The number of rotatable bonds is 2. The average Bonchev–Trinajstić information content (AvgIpc) is 2.31. The molecule has 5 heteroatoms. The summed E-state index contributed by atoms with van der Waals surface area (Å²) in [5.74, 6) is 1.12. The first-order valence-electron chi connectivity index (χ1n) is 5.19. The van der Waals surface area contributed by atoms with Crippen molar-refractivity contribution in [3.63, 3.8) is 0 Å². The van der Waals surface area contributed by atoms with Gasteiger partial charge in [0.25, 0.3) is 0 Å². The van der Waals surface area contributed by atoms with Crippen LogP contribution < -0.4 is 5.73 Å². The number of benzene rings is 1. The van der Waals surface area contributed by atoms with Gasteiger partial charge in [-0.25, -0.2) is 9.97 Å². The van der Waals surface area contributed by atoms with E-state index in [4.69, 9.17) is 28.9 Å². The second kappa shape index (κ2) is 4.90. The minimum Gasteiger partial charge on any atom is -0.384 e. The highest BCUT2D eigenvalue weighted by molar-refractivity contribution is 6.35. The summed E-state index contributed by atoms with van der Waals surface area (Å²) in [7, 11) is 0. The van der Waals surface area contributed by atoms with Crippen LogP contribution in [-0.4, -0.2) is 9.97 Å². The van der Waals surface area contributed by atoms with Gasteiger partial charge in [0.15, 0.2) is 0 Å². The Morgan fingerprint density at radius 3 is 2.65 bits per heavy atom. The summed E-state index contributed by atoms with van der Waals surface area (Å²) < 4.78 is 0. The summed E-state index contributed by atoms with van der Waals surface area (Å²) in [5, 5.41) is 1.20. The van der Waals surface area contributed by atoms with E-state index in [9.17, 15) is 0 Å². The third kappa shape index (κ3) is 2.68. The molecule has 0 unspecified atom stereocenters. The highest BCUT2D eigenvalue weighted by Gasteiger charge is 2.08. The molecule has 2 N–H and O–H groups in total. The summed E-state index contributed by atoms with van der Waals surface area (Å²) >= 11 is 12.1. The first-order chi connectivity index (χ1) is 8.10. The molecule has 2 aromatic rings. The fraction of sp³-hybridized carbons (Fsp3) is 0.167. The molecule has 0 fully saturated rings. The smallest absolute Gasteiger partial charge is 0.131 e. The van der Waals surface area contributed by atoms with Crippen molar-refractivity contribution in [1.82, 2.24) is 9.97 Å². The monoisotopic (exact) mass is 267 g/mol. The molecule has 17 heavy (non-hydrogen) atoms. The van der Waals surface area contributed by atoms with E-state index in [1.54, 1.807) is 24.3 Å². The fourth-order valence-electron chi connectivity index (χ4n) is 1.51. The Morgan fingerprint density at radius 1 is 1.18 bits per heavy atom. The van der Waals surface area contributed by atoms with Gasteiger partial charge in [0.1, 0.15) is 11.6 Å². The normalized spacial score (nSPS) is 10.5. The van der Waals surface area contributed by atoms with E-state index < -0.39 is 0 Å². The van der Waals surface area contributed by atoms with Crippen molar-refractivity contribution < 1.29 is 0 Å². The minimum atomic E-state index is 0.433. The zero-order chi connectivity index (χ0) is 12.4. The number of anilines is 1. The second-order valence-electron chi connectivity index (χ2n) is 3.57. The van der Waals surface area contributed by atoms with E-state index in [-0.39, 0.29) is 0 Å². The van der Waals surface area contributed by atoms with Crippen LogP contribution in [0.25, 0.3) is 11.3 Å². The van der Waals surface area contributed by atoms with Gasteiger partial charge in [-0.1, -0.05) is 30.1 Å². The lowest BCUT2D eigenvalue weighted by Crippen LogP contribution is -2.00. The van der Waals surface area contributed by atoms with Crippen LogP contribution in [0.1, 0.15) is 12.7 Å². The molecule has 0 saturated carbocycles. The Hall–Kier alpha value is -1.32. The van der Waals surface area contributed by atoms with E-state index in [1.165, 1.54) is 0 Å². The molecular formula is C12H11Cl2N3. The van der Waals surface area contributed by atoms with E-state index >= 15 is 0 Å². The molecule has 2 rings (SSSR count). The second-order valence-corrected chi connectivity index (χ2v) is 4.42. The lowest BCUT2D eigenvalue weighted by atomic mass is 10.1. The average molecular weight is 268 g/mol. The van der Waals surface area contributed by atoms with Crippen molar-refractivity contribution in [2.45, 2.75) is 13.3 Å². The molecule has 1 heterocycles. The maximum Gasteiger partial charge on any atom is 0.131 e. The van der Waals surface area contributed by atoms with Gasteiger partial charge in [-0.3, -0.25) is 0 Å². The van der Waals surface area contributed by atoms with E-state index in [2.05, 4.69) is 9.97 Å². The van der Waals surface area contributed by atoms with Crippen molar-refractivity contribution >= 4 is 29.0 Å². The molecule has 3 nitrogen and oxygen atoms in total. The van der Waals surface area contributed by atoms with Crippen LogP contribution in [0.4, 0.5) is 5.82 Å². The van der Waals surface area contributed by atoms with Gasteiger partial charge in [-0.15, -0.1) is 0 Å². The molecule has 0 bridgehead atoms. The van der Waals surface area contributed by atoms with Gasteiger partial charge < -0.3 is 5.73 Å². The molecule has 0 amide bonds. The summed E-state index contributed by atoms with van der Waals surface area (Å²) in [6.45, 7) is 1.97. The SMILES string of the molecule is CCc1nc(N)cc(-c2cc(Cl)ccc2Cl)n1. The number of nitrogens with zero attached hydrogens (tertiary/aromatic N) is 2. The maximum absolute atomic E-state index is 6.12. The summed E-state index contributed by atoms with van der Waals surface area (Å²) in [4.78, 5) is 8.51. The molecular weight excluding hydrogens is 257 g/mol. The standard InChI is InChI=1S/C12H11Cl2N3/c1-2-12-16-10(6-11(15)17-12)8-5-7(13)3-4-9(8)14/h3-6H,2H2,1H3,(H2,15,16,17). The van der Waals surface area contributed by atoms with Gasteiger partial charge in [-0.05, 0) is 18.2 Å². The Labute approximate surface area is 110 Å². The lowest BCUT2D eigenvalue weighted by molar-refractivity contribution is 0.949. The molecule has 1 aromatic carbocycles. The maximum atomic E-state index is 6.12. The Morgan fingerprint density at radius 2 is 1.94 bits per heavy atom. The molecule has 0 spiro atoms. The number of halogens is 2. The number of aromatic nitrogens is 2. The molecule has 0 aliphatic heterocycles. The predicted octanol–water partition coefficient (Wildman–Crippen LogP) is 3.60. The van der Waals surface area contributed by atoms with Gasteiger partial charge >= 0.3 is 0 Å². The molecule has 0 radical (unpaired) electrons. The number of nitrogens with two attached hydrogens (primary N) is 1. The van der Waals surface area contributed by atoms with E-state index in [0.29, 0.717) is 27.4 Å². The van der Waals surface area contributed by atoms with Crippen LogP contribution in [0.3, 0.4) is 0 Å². The van der Waals surface area contributed by atoms with Crippen molar-refractivity contribution in [2.24, 2.45) is 0 Å². The number of hydrogen-bond donors (Lipinski definition) is 1. The molecule has 1 aromatic heterocycles. The van der Waals surface area contributed by atoms with Gasteiger partial charge in [0.05, 0.1) is 10.7 Å². The molecule has 0 aliphatic rings.